The Bertz CT molecular complexity index is 460. The Morgan fingerprint density at radius 1 is 1.33 bits per heavy atom. The highest BCUT2D eigenvalue weighted by atomic mass is 32.2. The summed E-state index contributed by atoms with van der Waals surface area (Å²) >= 11 is 1.51. The largest absolute Gasteiger partial charge is 0.462 e. The molecule has 2 aliphatic rings. The van der Waals surface area contributed by atoms with Gasteiger partial charge in [0, 0.05) is 19.4 Å². The first-order valence-corrected chi connectivity index (χ1v) is 7.41. The molecule has 3 heterocycles. The molecule has 6 heteroatoms. The molecule has 0 spiro atoms. The molecule has 2 atom stereocenters. The lowest BCUT2D eigenvalue weighted by atomic mass is 10.2. The van der Waals surface area contributed by atoms with Crippen LogP contribution in [-0.4, -0.2) is 32.1 Å². The fraction of sp³-hybridized carbons (Fsp3) is 0.750. The van der Waals surface area contributed by atoms with Gasteiger partial charge < -0.3 is 9.30 Å². The van der Waals surface area contributed by atoms with E-state index < -0.39 is 0 Å². The van der Waals surface area contributed by atoms with Gasteiger partial charge in [0.05, 0.1) is 0 Å². The maximum absolute atomic E-state index is 11.6. The Kier molecular flexibility index (Phi) is 3.28. The molecule has 0 aliphatic carbocycles. The van der Waals surface area contributed by atoms with Crippen molar-refractivity contribution in [2.24, 2.45) is 0 Å². The number of rotatable bonds is 2. The van der Waals surface area contributed by atoms with E-state index in [0.717, 1.165) is 30.4 Å². The van der Waals surface area contributed by atoms with E-state index in [4.69, 9.17) is 4.74 Å². The highest BCUT2D eigenvalue weighted by Crippen LogP contribution is 2.32. The Morgan fingerprint density at radius 2 is 2.22 bits per heavy atom. The van der Waals surface area contributed by atoms with Crippen molar-refractivity contribution in [2.75, 3.05) is 0 Å². The van der Waals surface area contributed by atoms with Crippen LogP contribution < -0.4 is 0 Å². The molecule has 1 saturated heterocycles. The highest BCUT2D eigenvalue weighted by Gasteiger charge is 2.34. The van der Waals surface area contributed by atoms with E-state index in [2.05, 4.69) is 14.8 Å². The van der Waals surface area contributed by atoms with Crippen LogP contribution in [0.2, 0.25) is 0 Å². The third-order valence-electron chi connectivity index (χ3n) is 3.45. The van der Waals surface area contributed by atoms with E-state index in [1.165, 1.54) is 31.0 Å². The number of aromatic nitrogens is 3. The molecule has 1 aromatic rings. The van der Waals surface area contributed by atoms with Crippen LogP contribution in [0, 0.1) is 0 Å². The summed E-state index contributed by atoms with van der Waals surface area (Å²) in [6.45, 7) is 2.91. The lowest BCUT2D eigenvalue weighted by molar-refractivity contribution is -0.140. The van der Waals surface area contributed by atoms with Crippen LogP contribution in [0.4, 0.5) is 0 Å². The zero-order valence-electron chi connectivity index (χ0n) is 10.5. The summed E-state index contributed by atoms with van der Waals surface area (Å²) in [6, 6.07) is 0. The Balaban J connectivity index is 1.77. The molecule has 3 rings (SSSR count). The van der Waals surface area contributed by atoms with E-state index in [0.29, 0.717) is 0 Å². The number of nitrogens with zero attached hydrogens (tertiary/aromatic N) is 3. The van der Waals surface area contributed by atoms with Crippen LogP contribution in [0.25, 0.3) is 0 Å². The fourth-order valence-electron chi connectivity index (χ4n) is 2.49. The van der Waals surface area contributed by atoms with Crippen LogP contribution in [0.5, 0.6) is 0 Å². The van der Waals surface area contributed by atoms with Crippen molar-refractivity contribution < 1.29 is 9.53 Å². The van der Waals surface area contributed by atoms with Crippen molar-refractivity contribution in [1.82, 2.24) is 14.8 Å². The topological polar surface area (TPSA) is 57.0 Å². The number of carbonyl (C=O) groups is 1. The van der Waals surface area contributed by atoms with Crippen LogP contribution >= 0.6 is 11.8 Å². The van der Waals surface area contributed by atoms with Gasteiger partial charge in [-0.05, 0) is 19.8 Å². The summed E-state index contributed by atoms with van der Waals surface area (Å²) in [7, 11) is 0. The molecule has 18 heavy (non-hydrogen) atoms. The van der Waals surface area contributed by atoms with Crippen LogP contribution in [-0.2, 0) is 22.5 Å². The molecule has 0 radical (unpaired) electrons. The minimum absolute atomic E-state index is 0.0292. The van der Waals surface area contributed by atoms with Crippen molar-refractivity contribution in [3.05, 3.63) is 5.82 Å². The second kappa shape index (κ2) is 4.91. The molecular formula is C12H17N3O2S. The number of esters is 1. The maximum Gasteiger partial charge on any atom is 0.319 e. The van der Waals surface area contributed by atoms with Gasteiger partial charge in [-0.25, -0.2) is 0 Å². The monoisotopic (exact) mass is 267 g/mol. The molecule has 0 unspecified atom stereocenters. The summed E-state index contributed by atoms with van der Waals surface area (Å²) in [4.78, 5) is 11.6. The third kappa shape index (κ3) is 2.25. The van der Waals surface area contributed by atoms with Crippen molar-refractivity contribution in [1.29, 1.82) is 0 Å². The Labute approximate surface area is 110 Å². The first kappa shape index (κ1) is 12.0. The molecule has 5 nitrogen and oxygen atoms in total. The van der Waals surface area contributed by atoms with Gasteiger partial charge in [-0.2, -0.15) is 0 Å². The van der Waals surface area contributed by atoms with E-state index in [-0.39, 0.29) is 17.3 Å². The van der Waals surface area contributed by atoms with Crippen molar-refractivity contribution in [2.45, 2.75) is 62.1 Å². The molecule has 0 saturated carbocycles. The van der Waals surface area contributed by atoms with Gasteiger partial charge in [0.15, 0.2) is 5.16 Å². The number of ether oxygens (including phenoxy) is 1. The number of hydrogen-bond donors (Lipinski definition) is 0. The minimum Gasteiger partial charge on any atom is -0.462 e. The summed E-state index contributed by atoms with van der Waals surface area (Å²) in [5, 5.41) is 9.24. The second-order valence-electron chi connectivity index (χ2n) is 4.95. The molecule has 0 N–H and O–H groups in total. The molecule has 1 aromatic heterocycles. The van der Waals surface area contributed by atoms with Gasteiger partial charge in [0.2, 0.25) is 0 Å². The number of cyclic esters (lactones) is 1. The van der Waals surface area contributed by atoms with Crippen LogP contribution in [0.3, 0.4) is 0 Å². The number of carbonyl (C=O) groups excluding carboxylic acids is 1. The normalized spacial score (nSPS) is 27.7. The molecule has 1 fully saturated rings. The average molecular weight is 267 g/mol. The maximum atomic E-state index is 11.6. The number of hydrogen-bond acceptors (Lipinski definition) is 5. The predicted octanol–water partition coefficient (Wildman–Crippen LogP) is 1.80. The Hall–Kier alpha value is -1.04. The quantitative estimate of drug-likeness (QED) is 0.765. The number of thioether (sulfide) groups is 1. The molecule has 0 bridgehead atoms. The van der Waals surface area contributed by atoms with E-state index in [1.54, 1.807) is 0 Å². The van der Waals surface area contributed by atoms with Crippen molar-refractivity contribution in [3.63, 3.8) is 0 Å². The van der Waals surface area contributed by atoms with Crippen LogP contribution in [0.15, 0.2) is 5.16 Å². The zero-order valence-corrected chi connectivity index (χ0v) is 11.3. The first-order chi connectivity index (χ1) is 8.74. The molecule has 0 amide bonds. The SMILES string of the molecule is C[C@@H]1C[C@@H](Sc2nnc3n2CCCCC3)C(=O)O1. The molecule has 2 aliphatic heterocycles. The predicted molar refractivity (Wildman–Crippen MR) is 67.4 cm³/mol. The lowest BCUT2D eigenvalue weighted by Gasteiger charge is -2.08. The fourth-order valence-corrected chi connectivity index (χ4v) is 3.67. The van der Waals surface area contributed by atoms with E-state index >= 15 is 0 Å². The molecular weight excluding hydrogens is 250 g/mol. The smallest absolute Gasteiger partial charge is 0.319 e. The zero-order chi connectivity index (χ0) is 12.5. The van der Waals surface area contributed by atoms with Gasteiger partial charge in [0.25, 0.3) is 0 Å². The van der Waals surface area contributed by atoms with Crippen molar-refractivity contribution >= 4 is 17.7 Å². The average Bonchev–Trinajstić information content (AvgIpc) is 2.75. The Morgan fingerprint density at radius 3 is 3.00 bits per heavy atom. The third-order valence-corrected chi connectivity index (χ3v) is 4.63. The lowest BCUT2D eigenvalue weighted by Crippen LogP contribution is -2.11. The van der Waals surface area contributed by atoms with Gasteiger partial charge >= 0.3 is 5.97 Å². The summed E-state index contributed by atoms with van der Waals surface area (Å²) in [5.74, 6) is 0.952. The highest BCUT2D eigenvalue weighted by molar-refractivity contribution is 8.00. The molecule has 98 valence electrons. The van der Waals surface area contributed by atoms with Gasteiger partial charge in [-0.3, -0.25) is 4.79 Å². The van der Waals surface area contributed by atoms with Gasteiger partial charge in [-0.15, -0.1) is 10.2 Å². The van der Waals surface area contributed by atoms with Crippen molar-refractivity contribution in [3.8, 4) is 0 Å². The number of fused-ring (bicyclic) bond motifs is 1. The van der Waals surface area contributed by atoms with Gasteiger partial charge in [-0.1, -0.05) is 18.2 Å². The van der Waals surface area contributed by atoms with E-state index in [9.17, 15) is 4.79 Å². The van der Waals surface area contributed by atoms with E-state index in [1.807, 2.05) is 6.92 Å². The van der Waals surface area contributed by atoms with Gasteiger partial charge in [0.1, 0.15) is 17.2 Å². The first-order valence-electron chi connectivity index (χ1n) is 6.53. The summed E-state index contributed by atoms with van der Waals surface area (Å²) in [6.07, 6.45) is 5.40. The summed E-state index contributed by atoms with van der Waals surface area (Å²) < 4.78 is 7.35. The standard InChI is InChI=1S/C12H17N3O2S/c1-8-7-9(11(16)17-8)18-12-14-13-10-5-3-2-4-6-15(10)12/h8-9H,2-7H2,1H3/t8-,9-/m1/s1. The molecule has 0 aromatic carbocycles. The second-order valence-corrected chi connectivity index (χ2v) is 6.12. The summed E-state index contributed by atoms with van der Waals surface area (Å²) in [5.41, 5.74) is 0. The minimum atomic E-state index is -0.114. The van der Waals surface area contributed by atoms with Crippen LogP contribution in [0.1, 0.15) is 38.4 Å². The number of aryl methyl sites for hydroxylation is 1.